The van der Waals surface area contributed by atoms with Gasteiger partial charge in [0.1, 0.15) is 0 Å². The fraction of sp³-hybridized carbons (Fsp3) is 0.467. The number of anilines is 1. The Morgan fingerprint density at radius 1 is 1.05 bits per heavy atom. The third-order valence-electron chi connectivity index (χ3n) is 2.69. The average molecular weight is 277 g/mol. The van der Waals surface area contributed by atoms with Crippen molar-refractivity contribution in [3.8, 4) is 0 Å². The minimum atomic E-state index is -0.0917. The van der Waals surface area contributed by atoms with Gasteiger partial charge in [0.05, 0.1) is 6.54 Å². The topological polar surface area (TPSA) is 70.2 Å². The van der Waals surface area contributed by atoms with Crippen LogP contribution in [-0.4, -0.2) is 31.4 Å². The van der Waals surface area contributed by atoms with Crippen LogP contribution in [0.5, 0.6) is 0 Å². The van der Waals surface area contributed by atoms with Crippen LogP contribution in [0.15, 0.2) is 24.3 Å². The molecule has 5 nitrogen and oxygen atoms in total. The maximum Gasteiger partial charge on any atom is 0.251 e. The van der Waals surface area contributed by atoms with Crippen LogP contribution in [0.1, 0.15) is 37.0 Å². The third kappa shape index (κ3) is 5.73. The lowest BCUT2D eigenvalue weighted by Gasteiger charge is -2.09. The number of rotatable bonds is 8. The minimum Gasteiger partial charge on any atom is -0.376 e. The molecule has 0 heterocycles. The van der Waals surface area contributed by atoms with Crippen molar-refractivity contribution in [3.63, 3.8) is 0 Å². The van der Waals surface area contributed by atoms with E-state index in [1.54, 1.807) is 18.2 Å². The number of carbonyl (C=O) groups is 2. The Morgan fingerprint density at radius 2 is 1.75 bits per heavy atom. The number of carbonyl (C=O) groups excluding carboxylic acids is 2. The molecule has 0 aliphatic carbocycles. The largest absolute Gasteiger partial charge is 0.376 e. The van der Waals surface area contributed by atoms with Gasteiger partial charge in [0, 0.05) is 24.3 Å². The Bertz CT molecular complexity index is 446. The predicted octanol–water partition coefficient (Wildman–Crippen LogP) is 1.76. The highest BCUT2D eigenvalue weighted by Crippen LogP contribution is 2.10. The highest BCUT2D eigenvalue weighted by Gasteiger charge is 2.06. The van der Waals surface area contributed by atoms with Gasteiger partial charge in [-0.3, -0.25) is 9.59 Å². The lowest BCUT2D eigenvalue weighted by molar-refractivity contribution is -0.119. The molecule has 0 aliphatic rings. The van der Waals surface area contributed by atoms with E-state index in [-0.39, 0.29) is 18.4 Å². The van der Waals surface area contributed by atoms with Gasteiger partial charge in [-0.25, -0.2) is 0 Å². The highest BCUT2D eigenvalue weighted by molar-refractivity contribution is 5.95. The summed E-state index contributed by atoms with van der Waals surface area (Å²) in [5.74, 6) is -0.140. The van der Waals surface area contributed by atoms with Gasteiger partial charge in [-0.2, -0.15) is 0 Å². The second-order valence-electron chi connectivity index (χ2n) is 4.54. The zero-order chi connectivity index (χ0) is 14.8. The number of benzene rings is 1. The zero-order valence-corrected chi connectivity index (χ0v) is 12.2. The standard InChI is InChI=1S/C15H23N3O2/c1-3-8-16-14(19)11-18-13-7-5-6-12(10-13)15(20)17-9-4-2/h5-7,10,18H,3-4,8-9,11H2,1-2H3,(H,16,19)(H,17,20). The predicted molar refractivity (Wildman–Crippen MR) is 80.9 cm³/mol. The zero-order valence-electron chi connectivity index (χ0n) is 12.2. The molecule has 0 radical (unpaired) electrons. The first-order valence-electron chi connectivity index (χ1n) is 7.06. The molecule has 0 bridgehead atoms. The van der Waals surface area contributed by atoms with E-state index in [0.717, 1.165) is 18.5 Å². The highest BCUT2D eigenvalue weighted by atomic mass is 16.2. The Morgan fingerprint density at radius 3 is 2.45 bits per heavy atom. The molecule has 20 heavy (non-hydrogen) atoms. The molecule has 5 heteroatoms. The molecule has 0 aliphatic heterocycles. The normalized spacial score (nSPS) is 9.90. The number of hydrogen-bond donors (Lipinski definition) is 3. The lowest BCUT2D eigenvalue weighted by Crippen LogP contribution is -2.30. The summed E-state index contributed by atoms with van der Waals surface area (Å²) < 4.78 is 0. The van der Waals surface area contributed by atoms with E-state index in [2.05, 4.69) is 16.0 Å². The number of hydrogen-bond acceptors (Lipinski definition) is 3. The van der Waals surface area contributed by atoms with E-state index >= 15 is 0 Å². The SMILES string of the molecule is CCCNC(=O)CNc1cccc(C(=O)NCCC)c1. The molecule has 1 aromatic carbocycles. The van der Waals surface area contributed by atoms with Crippen molar-refractivity contribution in [3.05, 3.63) is 29.8 Å². The Hall–Kier alpha value is -2.04. The summed E-state index contributed by atoms with van der Waals surface area (Å²) in [6.07, 6.45) is 1.82. The molecule has 1 aromatic rings. The Kier molecular flexibility index (Phi) is 7.17. The van der Waals surface area contributed by atoms with Crippen LogP contribution in [0.3, 0.4) is 0 Å². The number of nitrogens with one attached hydrogen (secondary N) is 3. The van der Waals surface area contributed by atoms with Crippen molar-refractivity contribution in [2.24, 2.45) is 0 Å². The molecule has 0 saturated carbocycles. The Labute approximate surface area is 120 Å². The lowest BCUT2D eigenvalue weighted by atomic mass is 10.2. The average Bonchev–Trinajstić information content (AvgIpc) is 2.48. The van der Waals surface area contributed by atoms with E-state index in [0.29, 0.717) is 18.7 Å². The fourth-order valence-corrected chi connectivity index (χ4v) is 1.62. The molecule has 0 aromatic heterocycles. The maximum absolute atomic E-state index is 11.8. The van der Waals surface area contributed by atoms with Crippen molar-refractivity contribution in [1.82, 2.24) is 10.6 Å². The van der Waals surface area contributed by atoms with E-state index in [1.807, 2.05) is 19.9 Å². The van der Waals surface area contributed by atoms with Crippen molar-refractivity contribution in [1.29, 1.82) is 0 Å². The summed E-state index contributed by atoms with van der Waals surface area (Å²) in [6.45, 7) is 5.56. The monoisotopic (exact) mass is 277 g/mol. The quantitative estimate of drug-likeness (QED) is 0.678. The molecule has 0 saturated heterocycles. The molecule has 0 spiro atoms. The molecule has 1 rings (SSSR count). The van der Waals surface area contributed by atoms with Gasteiger partial charge in [0.25, 0.3) is 5.91 Å². The van der Waals surface area contributed by atoms with E-state index in [4.69, 9.17) is 0 Å². The van der Waals surface area contributed by atoms with Gasteiger partial charge in [-0.1, -0.05) is 19.9 Å². The molecule has 110 valence electrons. The van der Waals surface area contributed by atoms with E-state index in [9.17, 15) is 9.59 Å². The van der Waals surface area contributed by atoms with Crippen LogP contribution in [0.4, 0.5) is 5.69 Å². The van der Waals surface area contributed by atoms with Crippen LogP contribution >= 0.6 is 0 Å². The van der Waals surface area contributed by atoms with Gasteiger partial charge in [-0.15, -0.1) is 0 Å². The van der Waals surface area contributed by atoms with Crippen molar-refractivity contribution < 1.29 is 9.59 Å². The van der Waals surface area contributed by atoms with Crippen molar-refractivity contribution >= 4 is 17.5 Å². The fourth-order valence-electron chi connectivity index (χ4n) is 1.62. The molecule has 0 atom stereocenters. The summed E-state index contributed by atoms with van der Waals surface area (Å²) in [6, 6.07) is 7.14. The minimum absolute atomic E-state index is 0.0484. The van der Waals surface area contributed by atoms with Crippen LogP contribution < -0.4 is 16.0 Å². The summed E-state index contributed by atoms with van der Waals surface area (Å²) in [7, 11) is 0. The van der Waals surface area contributed by atoms with Crippen LogP contribution in [0.25, 0.3) is 0 Å². The van der Waals surface area contributed by atoms with Crippen molar-refractivity contribution in [2.75, 3.05) is 25.0 Å². The van der Waals surface area contributed by atoms with E-state index in [1.165, 1.54) is 0 Å². The van der Waals surface area contributed by atoms with Crippen LogP contribution in [-0.2, 0) is 4.79 Å². The van der Waals surface area contributed by atoms with Crippen molar-refractivity contribution in [2.45, 2.75) is 26.7 Å². The van der Waals surface area contributed by atoms with Gasteiger partial charge in [-0.05, 0) is 31.0 Å². The molecule has 2 amide bonds. The molecule has 3 N–H and O–H groups in total. The van der Waals surface area contributed by atoms with Crippen LogP contribution in [0, 0.1) is 0 Å². The Balaban J connectivity index is 2.51. The number of amides is 2. The maximum atomic E-state index is 11.8. The summed E-state index contributed by atoms with van der Waals surface area (Å²) in [4.78, 5) is 23.3. The molecular weight excluding hydrogens is 254 g/mol. The molecule has 0 unspecified atom stereocenters. The van der Waals surface area contributed by atoms with Gasteiger partial charge in [0.2, 0.25) is 5.91 Å². The van der Waals surface area contributed by atoms with Gasteiger partial charge in [0.15, 0.2) is 0 Å². The first-order valence-corrected chi connectivity index (χ1v) is 7.06. The van der Waals surface area contributed by atoms with Gasteiger partial charge < -0.3 is 16.0 Å². The summed E-state index contributed by atoms with van der Waals surface area (Å²) >= 11 is 0. The summed E-state index contributed by atoms with van der Waals surface area (Å²) in [5.41, 5.74) is 1.36. The first-order chi connectivity index (χ1) is 9.67. The second kappa shape index (κ2) is 8.96. The van der Waals surface area contributed by atoms with Crippen LogP contribution in [0.2, 0.25) is 0 Å². The summed E-state index contributed by atoms with van der Waals surface area (Å²) in [5, 5.41) is 8.62. The molecule has 0 fully saturated rings. The second-order valence-corrected chi connectivity index (χ2v) is 4.54. The smallest absolute Gasteiger partial charge is 0.251 e. The third-order valence-corrected chi connectivity index (χ3v) is 2.69. The van der Waals surface area contributed by atoms with E-state index < -0.39 is 0 Å². The first kappa shape index (κ1) is 16.0. The van der Waals surface area contributed by atoms with Gasteiger partial charge >= 0.3 is 0 Å². The molecular formula is C15H23N3O2.